The second-order valence-corrected chi connectivity index (χ2v) is 13.6. The van der Waals surface area contributed by atoms with Crippen LogP contribution in [0.15, 0.2) is 72.8 Å². The van der Waals surface area contributed by atoms with Gasteiger partial charge in [-0.1, -0.05) is 48.0 Å². The molecule has 1 atom stereocenters. The summed E-state index contributed by atoms with van der Waals surface area (Å²) in [6.07, 6.45) is -1.90. The molecule has 1 aromatic heterocycles. The monoisotopic (exact) mass is 765 g/mol. The molecule has 1 heterocycles. The molecule has 1 saturated carbocycles. The van der Waals surface area contributed by atoms with Crippen molar-refractivity contribution in [1.82, 2.24) is 25.6 Å². The standard InChI is InChI=1S/C37H35ClF3N7O6/c38-26-9-7-25(8-10-26)36(14-15-36)48-34-45-33(46-35(47-34)54-20-37(39,40)41)43-27-11-5-22(6-12-27)30(50)44-28(32(52)53)13-16-42-31(51)29(49)19-21-17-23-3-1-2-4-24(23)18-21/h1-12,21,28H,13-20H2,(H,42,51)(H,44,50)(H,52,53)(H2,43,45,46,47,48)/t28-/m0/s1. The van der Waals surface area contributed by atoms with Gasteiger partial charge in [-0.3, -0.25) is 14.4 Å². The summed E-state index contributed by atoms with van der Waals surface area (Å²) >= 11 is 6.02. The number of nitrogens with one attached hydrogen (secondary N) is 4. The Kier molecular flexibility index (Phi) is 11.3. The number of fused-ring (bicyclic) bond motifs is 1. The van der Waals surface area contributed by atoms with E-state index in [-0.39, 0.29) is 42.8 Å². The van der Waals surface area contributed by atoms with Crippen LogP contribution in [0.5, 0.6) is 6.01 Å². The maximum Gasteiger partial charge on any atom is 0.422 e. The lowest BCUT2D eigenvalue weighted by atomic mass is 9.99. The van der Waals surface area contributed by atoms with E-state index in [1.165, 1.54) is 24.3 Å². The van der Waals surface area contributed by atoms with E-state index < -0.39 is 53.9 Å². The average Bonchev–Trinajstić information content (AvgIpc) is 3.79. The molecule has 0 spiro atoms. The molecular weight excluding hydrogens is 731 g/mol. The number of aliphatic carboxylic acids is 1. The van der Waals surface area contributed by atoms with E-state index in [1.807, 2.05) is 36.4 Å². The third-order valence-electron chi connectivity index (χ3n) is 9.07. The summed E-state index contributed by atoms with van der Waals surface area (Å²) in [6, 6.07) is 18.7. The molecule has 0 radical (unpaired) electrons. The zero-order valence-corrected chi connectivity index (χ0v) is 29.3. The van der Waals surface area contributed by atoms with Crippen LogP contribution in [0.2, 0.25) is 5.02 Å². The Morgan fingerprint density at radius 2 is 1.56 bits per heavy atom. The van der Waals surface area contributed by atoms with E-state index in [1.54, 1.807) is 12.1 Å². The topological polar surface area (TPSA) is 185 Å². The highest BCUT2D eigenvalue weighted by Crippen LogP contribution is 2.48. The molecule has 0 aliphatic heterocycles. The first-order valence-electron chi connectivity index (χ1n) is 17.0. The molecular formula is C37H35ClF3N7O6. The van der Waals surface area contributed by atoms with Crippen molar-refractivity contribution in [2.75, 3.05) is 23.8 Å². The summed E-state index contributed by atoms with van der Waals surface area (Å²) < 4.78 is 43.6. The van der Waals surface area contributed by atoms with E-state index in [0.717, 1.165) is 16.7 Å². The molecule has 282 valence electrons. The summed E-state index contributed by atoms with van der Waals surface area (Å²) in [5.41, 5.74) is 3.09. The number of ether oxygens (including phenoxy) is 1. The van der Waals surface area contributed by atoms with Gasteiger partial charge < -0.3 is 31.1 Å². The zero-order valence-electron chi connectivity index (χ0n) is 28.6. The van der Waals surface area contributed by atoms with Crippen molar-refractivity contribution in [3.8, 4) is 6.01 Å². The maximum absolute atomic E-state index is 12.9. The molecule has 54 heavy (non-hydrogen) atoms. The molecule has 0 unspecified atom stereocenters. The van der Waals surface area contributed by atoms with E-state index in [4.69, 9.17) is 16.3 Å². The van der Waals surface area contributed by atoms with E-state index >= 15 is 0 Å². The molecule has 0 saturated heterocycles. The van der Waals surface area contributed by atoms with Crippen molar-refractivity contribution in [3.63, 3.8) is 0 Å². The first-order chi connectivity index (χ1) is 25.7. The number of amides is 2. The van der Waals surface area contributed by atoms with Crippen LogP contribution in [-0.2, 0) is 32.8 Å². The highest BCUT2D eigenvalue weighted by Gasteiger charge is 2.45. The molecule has 0 bridgehead atoms. The van der Waals surface area contributed by atoms with E-state index in [0.29, 0.717) is 36.4 Å². The molecule has 2 aliphatic rings. The van der Waals surface area contributed by atoms with Gasteiger partial charge in [0.2, 0.25) is 17.7 Å². The minimum Gasteiger partial charge on any atom is -0.480 e. The van der Waals surface area contributed by atoms with E-state index in [9.17, 15) is 37.5 Å². The number of carboxylic acid groups (broad SMARTS) is 1. The Labute approximate surface area is 312 Å². The number of halogens is 4. The van der Waals surface area contributed by atoms with Gasteiger partial charge in [0.1, 0.15) is 6.04 Å². The number of aromatic nitrogens is 3. The number of anilines is 3. The highest BCUT2D eigenvalue weighted by atomic mass is 35.5. The number of alkyl halides is 3. The molecule has 6 rings (SSSR count). The molecule has 1 fully saturated rings. The number of nitrogens with zero attached hydrogens (tertiary/aromatic N) is 3. The Bertz CT molecular complexity index is 2000. The fourth-order valence-electron chi connectivity index (χ4n) is 6.18. The van der Waals surface area contributed by atoms with Crippen molar-refractivity contribution in [2.45, 2.75) is 56.3 Å². The quantitative estimate of drug-likeness (QED) is 0.0924. The summed E-state index contributed by atoms with van der Waals surface area (Å²) in [4.78, 5) is 62.1. The van der Waals surface area contributed by atoms with Crippen molar-refractivity contribution in [3.05, 3.63) is 100 Å². The fraction of sp³-hybridized carbons (Fsp3) is 0.324. The number of Topliss-reactive ketones (excluding diaryl/α,β-unsaturated/α-hetero) is 1. The lowest BCUT2D eigenvalue weighted by molar-refractivity contribution is -0.154. The van der Waals surface area contributed by atoms with Crippen molar-refractivity contribution < 1.29 is 42.2 Å². The number of ketones is 1. The number of carbonyl (C=O) groups excluding carboxylic acids is 3. The van der Waals surface area contributed by atoms with Gasteiger partial charge in [0.05, 0.1) is 5.54 Å². The maximum atomic E-state index is 12.9. The van der Waals surface area contributed by atoms with Crippen LogP contribution < -0.4 is 26.0 Å². The van der Waals surface area contributed by atoms with Gasteiger partial charge in [-0.15, -0.1) is 0 Å². The molecule has 2 aliphatic carbocycles. The SMILES string of the molecule is O=C(CC1Cc2ccccc2C1)C(=O)NCC[C@H](NC(=O)c1ccc(Nc2nc(NC3(c4ccc(Cl)cc4)CC3)nc(OCC(F)(F)F)n2)cc1)C(=O)O. The molecule has 13 nitrogen and oxygen atoms in total. The van der Waals surface area contributed by atoms with Crippen molar-refractivity contribution in [2.24, 2.45) is 5.92 Å². The zero-order chi connectivity index (χ0) is 38.5. The molecule has 2 amide bonds. The molecule has 4 aromatic rings. The lowest BCUT2D eigenvalue weighted by Crippen LogP contribution is -2.43. The van der Waals surface area contributed by atoms with Crippen molar-refractivity contribution in [1.29, 1.82) is 0 Å². The largest absolute Gasteiger partial charge is 0.480 e. The van der Waals surface area contributed by atoms with Crippen LogP contribution in [0, 0.1) is 5.92 Å². The van der Waals surface area contributed by atoms with Crippen molar-refractivity contribution >= 4 is 52.8 Å². The predicted molar refractivity (Wildman–Crippen MR) is 191 cm³/mol. The third kappa shape index (κ3) is 10.0. The van der Waals surface area contributed by atoms with Gasteiger partial charge >= 0.3 is 18.2 Å². The molecule has 5 N–H and O–H groups in total. The predicted octanol–water partition coefficient (Wildman–Crippen LogP) is 5.37. The average molecular weight is 766 g/mol. The normalized spacial score (nSPS) is 15.0. The number of rotatable bonds is 16. The van der Waals surface area contributed by atoms with Crippen LogP contribution in [-0.4, -0.2) is 69.0 Å². The van der Waals surface area contributed by atoms with Gasteiger partial charge in [-0.25, -0.2) is 4.79 Å². The number of benzene rings is 3. The van der Waals surface area contributed by atoms with Gasteiger partial charge in [0.25, 0.3) is 11.8 Å². The van der Waals surface area contributed by atoms with Gasteiger partial charge in [0.15, 0.2) is 6.61 Å². The van der Waals surface area contributed by atoms with Crippen LogP contribution in [0.1, 0.15) is 52.7 Å². The molecule has 17 heteroatoms. The van der Waals surface area contributed by atoms with E-state index in [2.05, 4.69) is 36.2 Å². The number of carbonyl (C=O) groups is 4. The fourth-order valence-corrected chi connectivity index (χ4v) is 6.31. The second-order valence-electron chi connectivity index (χ2n) is 13.2. The summed E-state index contributed by atoms with van der Waals surface area (Å²) in [6.45, 7) is -1.78. The van der Waals surface area contributed by atoms with Crippen LogP contribution in [0.3, 0.4) is 0 Å². The summed E-state index contributed by atoms with van der Waals surface area (Å²) in [7, 11) is 0. The van der Waals surface area contributed by atoms with Crippen LogP contribution >= 0.6 is 11.6 Å². The smallest absolute Gasteiger partial charge is 0.422 e. The number of carboxylic acids is 1. The summed E-state index contributed by atoms with van der Waals surface area (Å²) in [5.74, 6) is -3.60. The Balaban J connectivity index is 1.03. The van der Waals surface area contributed by atoms with Crippen LogP contribution in [0.25, 0.3) is 0 Å². The van der Waals surface area contributed by atoms with Crippen LogP contribution in [0.4, 0.5) is 30.8 Å². The Morgan fingerprint density at radius 3 is 2.17 bits per heavy atom. The summed E-state index contributed by atoms with van der Waals surface area (Å²) in [5, 5.41) is 21.1. The highest BCUT2D eigenvalue weighted by molar-refractivity contribution is 6.36. The van der Waals surface area contributed by atoms with Gasteiger partial charge in [0, 0.05) is 29.2 Å². The minimum atomic E-state index is -4.64. The Hall–Kier alpha value is -5.77. The third-order valence-corrected chi connectivity index (χ3v) is 9.32. The first-order valence-corrected chi connectivity index (χ1v) is 17.4. The molecule has 3 aromatic carbocycles. The van der Waals surface area contributed by atoms with Gasteiger partial charge in [-0.05, 0) is 91.1 Å². The number of hydrogen-bond donors (Lipinski definition) is 5. The lowest BCUT2D eigenvalue weighted by Gasteiger charge is -2.19. The first kappa shape index (κ1) is 38.0. The minimum absolute atomic E-state index is 0.0235. The Morgan fingerprint density at radius 1 is 0.907 bits per heavy atom. The van der Waals surface area contributed by atoms with Gasteiger partial charge in [-0.2, -0.15) is 28.1 Å². The second kappa shape index (κ2) is 16.1. The number of hydrogen-bond acceptors (Lipinski definition) is 10.